The number of aliphatic carboxylic acids is 1. The molecule has 1 aromatic rings. The molecule has 0 radical (unpaired) electrons. The third-order valence-electron chi connectivity index (χ3n) is 2.41. The monoisotopic (exact) mass is 314 g/mol. The second-order valence-electron chi connectivity index (χ2n) is 3.87. The molecule has 0 saturated carbocycles. The molecule has 1 unspecified atom stereocenters. The van der Waals surface area contributed by atoms with Crippen molar-refractivity contribution in [3.63, 3.8) is 0 Å². The highest BCUT2D eigenvalue weighted by atomic mass is 32.2. The van der Waals surface area contributed by atoms with Gasteiger partial charge in [0.25, 0.3) is 0 Å². The molecule has 0 aromatic carbocycles. The molecular formula is C12H14N2O4S2. The Labute approximate surface area is 121 Å². The second-order valence-corrected chi connectivity index (χ2v) is 7.02. The van der Waals surface area contributed by atoms with Gasteiger partial charge in [0.15, 0.2) is 5.25 Å². The lowest BCUT2D eigenvalue weighted by Gasteiger charge is -2.08. The number of thiophene rings is 1. The maximum Gasteiger partial charge on any atom is 0.328 e. The summed E-state index contributed by atoms with van der Waals surface area (Å²) in [6.45, 7) is 1.72. The molecular weight excluding hydrogens is 300 g/mol. The fourth-order valence-corrected chi connectivity index (χ4v) is 3.47. The Balaban J connectivity index is 2.68. The summed E-state index contributed by atoms with van der Waals surface area (Å²) in [5.41, 5.74) is 0. The summed E-state index contributed by atoms with van der Waals surface area (Å²) in [7, 11) is -3.65. The summed E-state index contributed by atoms with van der Waals surface area (Å²) >= 11 is 1.28. The summed E-state index contributed by atoms with van der Waals surface area (Å²) in [5.74, 6) is -1.04. The molecule has 2 N–H and O–H groups in total. The Morgan fingerprint density at radius 1 is 1.60 bits per heavy atom. The van der Waals surface area contributed by atoms with Crippen LogP contribution in [0.2, 0.25) is 0 Å². The minimum Gasteiger partial charge on any atom is -0.478 e. The van der Waals surface area contributed by atoms with E-state index in [0.29, 0.717) is 4.88 Å². The molecule has 0 bridgehead atoms. The van der Waals surface area contributed by atoms with Crippen molar-refractivity contribution in [2.24, 2.45) is 0 Å². The number of hydrogen-bond donors (Lipinski definition) is 2. The van der Waals surface area contributed by atoms with Gasteiger partial charge in [0.05, 0.1) is 6.07 Å². The van der Waals surface area contributed by atoms with Crippen molar-refractivity contribution in [1.82, 2.24) is 4.72 Å². The van der Waals surface area contributed by atoms with Gasteiger partial charge in [-0.1, -0.05) is 6.92 Å². The highest BCUT2D eigenvalue weighted by Gasteiger charge is 2.22. The predicted octanol–water partition coefficient (Wildman–Crippen LogP) is 1.57. The van der Waals surface area contributed by atoms with E-state index in [1.54, 1.807) is 25.1 Å². The Kier molecular flexibility index (Phi) is 5.88. The van der Waals surface area contributed by atoms with E-state index in [2.05, 4.69) is 4.72 Å². The normalized spacial score (nSPS) is 13.2. The SMILES string of the molecule is CCC(C#N)S(=O)(=O)NCc1ccc(C=CC(=O)O)s1. The van der Waals surface area contributed by atoms with Gasteiger partial charge in [-0.15, -0.1) is 11.3 Å². The first kappa shape index (κ1) is 16.4. The van der Waals surface area contributed by atoms with Crippen molar-refractivity contribution in [2.75, 3.05) is 0 Å². The van der Waals surface area contributed by atoms with Crippen LogP contribution in [0.3, 0.4) is 0 Å². The first-order chi connectivity index (χ1) is 9.39. The van der Waals surface area contributed by atoms with E-state index in [-0.39, 0.29) is 13.0 Å². The average molecular weight is 314 g/mol. The van der Waals surface area contributed by atoms with E-state index in [1.165, 1.54) is 17.4 Å². The fraction of sp³-hybridized carbons (Fsp3) is 0.333. The summed E-state index contributed by atoms with van der Waals surface area (Å²) in [6, 6.07) is 5.16. The van der Waals surface area contributed by atoms with E-state index in [4.69, 9.17) is 10.4 Å². The summed E-state index contributed by atoms with van der Waals surface area (Å²) in [4.78, 5) is 11.8. The molecule has 1 aromatic heterocycles. The van der Waals surface area contributed by atoms with E-state index in [9.17, 15) is 13.2 Å². The number of carboxylic acids is 1. The van der Waals surface area contributed by atoms with Crippen LogP contribution >= 0.6 is 11.3 Å². The molecule has 0 spiro atoms. The van der Waals surface area contributed by atoms with Crippen molar-refractivity contribution in [3.8, 4) is 6.07 Å². The molecule has 0 aliphatic heterocycles. The van der Waals surface area contributed by atoms with Crippen molar-refractivity contribution in [3.05, 3.63) is 28.0 Å². The van der Waals surface area contributed by atoms with Crippen LogP contribution in [0.5, 0.6) is 0 Å². The first-order valence-corrected chi connectivity index (χ1v) is 8.13. The second kappa shape index (κ2) is 7.19. The van der Waals surface area contributed by atoms with E-state index in [0.717, 1.165) is 11.0 Å². The Bertz CT molecular complexity index is 641. The van der Waals surface area contributed by atoms with E-state index < -0.39 is 21.2 Å². The number of sulfonamides is 1. The maximum atomic E-state index is 11.8. The van der Waals surface area contributed by atoms with Gasteiger partial charge in [-0.3, -0.25) is 0 Å². The minimum atomic E-state index is -3.65. The standard InChI is InChI=1S/C12H14N2O4S2/c1-2-11(7-13)20(17,18)14-8-10-4-3-9(19-10)5-6-12(15)16/h3-6,11,14H,2,8H2,1H3,(H,15,16). The lowest BCUT2D eigenvalue weighted by atomic mass is 10.4. The largest absolute Gasteiger partial charge is 0.478 e. The van der Waals surface area contributed by atoms with Crippen molar-refractivity contribution in [2.45, 2.75) is 25.1 Å². The van der Waals surface area contributed by atoms with Gasteiger partial charge in [-0.2, -0.15) is 5.26 Å². The molecule has 0 fully saturated rings. The van der Waals surface area contributed by atoms with Gasteiger partial charge in [0.2, 0.25) is 10.0 Å². The van der Waals surface area contributed by atoms with Gasteiger partial charge in [0, 0.05) is 22.4 Å². The topological polar surface area (TPSA) is 107 Å². The van der Waals surface area contributed by atoms with Crippen LogP contribution in [0, 0.1) is 11.3 Å². The van der Waals surface area contributed by atoms with Crippen molar-refractivity contribution in [1.29, 1.82) is 5.26 Å². The lowest BCUT2D eigenvalue weighted by molar-refractivity contribution is -0.131. The fourth-order valence-electron chi connectivity index (χ4n) is 1.38. The summed E-state index contributed by atoms with van der Waals surface area (Å²) < 4.78 is 25.9. The van der Waals surface area contributed by atoms with Crippen LogP contribution < -0.4 is 4.72 Å². The zero-order valence-electron chi connectivity index (χ0n) is 10.7. The molecule has 108 valence electrons. The molecule has 20 heavy (non-hydrogen) atoms. The van der Waals surface area contributed by atoms with Crippen molar-refractivity contribution < 1.29 is 18.3 Å². The minimum absolute atomic E-state index is 0.0894. The van der Waals surface area contributed by atoms with Crippen molar-refractivity contribution >= 4 is 33.4 Å². The molecule has 0 aliphatic carbocycles. The number of carbonyl (C=O) groups is 1. The van der Waals surface area contributed by atoms with Crippen LogP contribution in [-0.4, -0.2) is 24.7 Å². The van der Waals surface area contributed by atoms with Gasteiger partial charge in [-0.05, 0) is 24.6 Å². The van der Waals surface area contributed by atoms with E-state index >= 15 is 0 Å². The average Bonchev–Trinajstić information content (AvgIpc) is 2.83. The quantitative estimate of drug-likeness (QED) is 0.743. The van der Waals surface area contributed by atoms with Crippen LogP contribution in [0.15, 0.2) is 18.2 Å². The summed E-state index contributed by atoms with van der Waals surface area (Å²) in [6.07, 6.45) is 2.68. The van der Waals surface area contributed by atoms with E-state index in [1.807, 2.05) is 0 Å². The maximum absolute atomic E-state index is 11.8. The molecule has 0 amide bonds. The number of nitriles is 1. The lowest BCUT2D eigenvalue weighted by Crippen LogP contribution is -2.32. The molecule has 1 atom stereocenters. The van der Waals surface area contributed by atoms with Crippen LogP contribution in [0.1, 0.15) is 23.1 Å². The molecule has 0 aliphatic rings. The number of carboxylic acid groups (broad SMARTS) is 1. The number of hydrogen-bond acceptors (Lipinski definition) is 5. The Morgan fingerprint density at radius 2 is 2.30 bits per heavy atom. The molecule has 0 saturated heterocycles. The van der Waals surface area contributed by atoms with Crippen LogP contribution in [0.25, 0.3) is 6.08 Å². The van der Waals surface area contributed by atoms with Crippen LogP contribution in [-0.2, 0) is 21.4 Å². The van der Waals surface area contributed by atoms with Gasteiger partial charge in [-0.25, -0.2) is 17.9 Å². The molecule has 8 heteroatoms. The number of nitrogens with zero attached hydrogens (tertiary/aromatic N) is 1. The van der Waals surface area contributed by atoms with Gasteiger partial charge < -0.3 is 5.11 Å². The third kappa shape index (κ3) is 4.77. The third-order valence-corrected chi connectivity index (χ3v) is 5.19. The Morgan fingerprint density at radius 3 is 2.85 bits per heavy atom. The van der Waals surface area contributed by atoms with Gasteiger partial charge >= 0.3 is 5.97 Å². The smallest absolute Gasteiger partial charge is 0.328 e. The van der Waals surface area contributed by atoms with Gasteiger partial charge in [0.1, 0.15) is 0 Å². The predicted molar refractivity (Wildman–Crippen MR) is 76.4 cm³/mol. The van der Waals surface area contributed by atoms with Crippen LogP contribution in [0.4, 0.5) is 0 Å². The molecule has 1 heterocycles. The zero-order chi connectivity index (χ0) is 15.2. The number of rotatable bonds is 7. The first-order valence-electron chi connectivity index (χ1n) is 5.77. The highest BCUT2D eigenvalue weighted by molar-refractivity contribution is 7.90. The zero-order valence-corrected chi connectivity index (χ0v) is 12.4. The summed E-state index contributed by atoms with van der Waals surface area (Å²) in [5, 5.41) is 16.2. The molecule has 6 nitrogen and oxygen atoms in total. The highest BCUT2D eigenvalue weighted by Crippen LogP contribution is 2.18. The molecule has 1 rings (SSSR count). The number of nitrogens with one attached hydrogen (secondary N) is 1. The Hall–Kier alpha value is -1.69.